The first-order chi connectivity index (χ1) is 18.1. The molecule has 0 spiro atoms. The van der Waals surface area contributed by atoms with Crippen LogP contribution in [0.5, 0.6) is 11.5 Å². The van der Waals surface area contributed by atoms with Crippen LogP contribution in [0.15, 0.2) is 36.4 Å². The number of hydrogen-bond donors (Lipinski definition) is 1. The molecule has 2 aromatic carbocycles. The molecular formula is C26H26N2O9S. The van der Waals surface area contributed by atoms with Crippen LogP contribution in [0, 0.1) is 24.0 Å². The van der Waals surface area contributed by atoms with Crippen LogP contribution in [0.1, 0.15) is 38.1 Å². The highest BCUT2D eigenvalue weighted by Crippen LogP contribution is 2.40. The second kappa shape index (κ2) is 12.2. The number of thiophene rings is 1. The van der Waals surface area contributed by atoms with Crippen molar-refractivity contribution in [1.82, 2.24) is 0 Å². The van der Waals surface area contributed by atoms with E-state index in [4.69, 9.17) is 18.9 Å². The molecule has 0 saturated carbocycles. The molecule has 0 radical (unpaired) electrons. The number of hydrogen-bond acceptors (Lipinski definition) is 10. The van der Waals surface area contributed by atoms with E-state index < -0.39 is 40.6 Å². The third-order valence-corrected chi connectivity index (χ3v) is 6.43. The van der Waals surface area contributed by atoms with Gasteiger partial charge in [0.25, 0.3) is 11.6 Å². The van der Waals surface area contributed by atoms with Crippen LogP contribution >= 0.6 is 11.3 Å². The lowest BCUT2D eigenvalue weighted by molar-refractivity contribution is -0.385. The van der Waals surface area contributed by atoms with Gasteiger partial charge in [0.2, 0.25) is 0 Å². The van der Waals surface area contributed by atoms with Gasteiger partial charge in [-0.25, -0.2) is 9.59 Å². The van der Waals surface area contributed by atoms with Gasteiger partial charge in [-0.05, 0) is 26.3 Å². The Labute approximate surface area is 222 Å². The van der Waals surface area contributed by atoms with E-state index in [1.54, 1.807) is 6.92 Å². The highest BCUT2D eigenvalue weighted by molar-refractivity contribution is 7.17. The minimum atomic E-state index is -1.11. The smallest absolute Gasteiger partial charge is 0.345 e. The number of rotatable bonds is 10. The predicted octanol–water partition coefficient (Wildman–Crippen LogP) is 4.93. The summed E-state index contributed by atoms with van der Waals surface area (Å²) in [6.07, 6.45) is 0. The Hall–Kier alpha value is -4.45. The minimum absolute atomic E-state index is 0.0532. The van der Waals surface area contributed by atoms with E-state index in [0.29, 0.717) is 5.56 Å². The zero-order valence-corrected chi connectivity index (χ0v) is 22.2. The number of carbonyl (C=O) groups excluding carboxylic acids is 3. The van der Waals surface area contributed by atoms with Crippen LogP contribution in [-0.2, 0) is 14.3 Å². The van der Waals surface area contributed by atoms with Gasteiger partial charge in [-0.3, -0.25) is 14.9 Å². The molecule has 0 aliphatic carbocycles. The van der Waals surface area contributed by atoms with Gasteiger partial charge >= 0.3 is 11.9 Å². The lowest BCUT2D eigenvalue weighted by Gasteiger charge is -2.11. The number of ether oxygens (including phenoxy) is 4. The first kappa shape index (κ1) is 28.1. The number of nitrogens with one attached hydrogen (secondary N) is 1. The molecule has 12 heteroatoms. The van der Waals surface area contributed by atoms with Crippen molar-refractivity contribution in [3.63, 3.8) is 0 Å². The van der Waals surface area contributed by atoms with E-state index in [1.807, 2.05) is 38.1 Å². The maximum atomic E-state index is 12.8. The fourth-order valence-corrected chi connectivity index (χ4v) is 4.73. The fourth-order valence-electron chi connectivity index (χ4n) is 3.65. The zero-order valence-electron chi connectivity index (χ0n) is 21.4. The Morgan fingerprint density at radius 2 is 1.61 bits per heavy atom. The lowest BCUT2D eigenvalue weighted by atomic mass is 10.0. The summed E-state index contributed by atoms with van der Waals surface area (Å²) < 4.78 is 20.4. The van der Waals surface area contributed by atoms with E-state index in [-0.39, 0.29) is 28.7 Å². The highest BCUT2D eigenvalue weighted by atomic mass is 32.1. The summed E-state index contributed by atoms with van der Waals surface area (Å²) in [5.41, 5.74) is 1.65. The minimum Gasteiger partial charge on any atom is -0.493 e. The number of nitrogens with zero attached hydrogens (tertiary/aromatic N) is 1. The Bertz CT molecular complexity index is 1380. The first-order valence-corrected chi connectivity index (χ1v) is 12.2. The molecule has 0 aliphatic heterocycles. The number of anilines is 1. The van der Waals surface area contributed by atoms with Gasteiger partial charge in [0.05, 0.1) is 31.8 Å². The molecule has 200 valence electrons. The van der Waals surface area contributed by atoms with Crippen LogP contribution in [0.2, 0.25) is 0 Å². The van der Waals surface area contributed by atoms with Gasteiger partial charge in [0.1, 0.15) is 16.1 Å². The lowest BCUT2D eigenvalue weighted by Crippen LogP contribution is -2.22. The SMILES string of the molecule is CCOC(=O)c1c(NC(=O)COC(=O)c2cc(OC)c(OC)cc2[N+](=O)[O-])sc(C)c1-c1ccc(C)cc1. The molecule has 0 aliphatic rings. The maximum absolute atomic E-state index is 12.8. The number of methoxy groups -OCH3 is 2. The van der Waals surface area contributed by atoms with Gasteiger partial charge in [0.15, 0.2) is 18.1 Å². The Kier molecular flexibility index (Phi) is 9.02. The van der Waals surface area contributed by atoms with E-state index in [0.717, 1.165) is 28.1 Å². The van der Waals surface area contributed by atoms with Crippen molar-refractivity contribution in [2.45, 2.75) is 20.8 Å². The molecule has 0 bridgehead atoms. The number of benzene rings is 2. The van der Waals surface area contributed by atoms with Crippen molar-refractivity contribution in [3.8, 4) is 22.6 Å². The standard InChI is InChI=1S/C26H26N2O9S/c1-6-36-26(31)23-22(16-9-7-14(2)8-10-16)15(3)38-24(23)27-21(29)13-37-25(30)17-11-19(34-4)20(35-5)12-18(17)28(32)33/h7-12H,6,13H2,1-5H3,(H,27,29). The third-order valence-electron chi connectivity index (χ3n) is 5.41. The van der Waals surface area contributed by atoms with Crippen LogP contribution in [-0.4, -0.2) is 50.2 Å². The molecule has 0 saturated heterocycles. The molecule has 0 fully saturated rings. The first-order valence-electron chi connectivity index (χ1n) is 11.4. The fraction of sp³-hybridized carbons (Fsp3) is 0.269. The Morgan fingerprint density at radius 3 is 2.18 bits per heavy atom. The van der Waals surface area contributed by atoms with Gasteiger partial charge in [-0.15, -0.1) is 11.3 Å². The topological polar surface area (TPSA) is 143 Å². The zero-order chi connectivity index (χ0) is 28.0. The van der Waals surface area contributed by atoms with E-state index in [1.165, 1.54) is 25.6 Å². The average Bonchev–Trinajstić information content (AvgIpc) is 3.22. The number of aryl methyl sites for hydroxylation is 2. The summed E-state index contributed by atoms with van der Waals surface area (Å²) >= 11 is 1.18. The van der Waals surface area contributed by atoms with Crippen LogP contribution in [0.3, 0.4) is 0 Å². The number of esters is 2. The highest BCUT2D eigenvalue weighted by Gasteiger charge is 2.28. The molecule has 11 nitrogen and oxygen atoms in total. The van der Waals surface area contributed by atoms with E-state index in [9.17, 15) is 24.5 Å². The van der Waals surface area contributed by atoms with Crippen molar-refractivity contribution in [2.75, 3.05) is 32.8 Å². The second-order valence-electron chi connectivity index (χ2n) is 7.93. The molecule has 1 N–H and O–H groups in total. The normalized spacial score (nSPS) is 10.4. The van der Waals surface area contributed by atoms with Crippen molar-refractivity contribution in [1.29, 1.82) is 0 Å². The molecule has 3 aromatic rings. The number of amides is 1. The summed E-state index contributed by atoms with van der Waals surface area (Å²) in [5.74, 6) is -2.34. The van der Waals surface area contributed by atoms with Crippen molar-refractivity contribution in [3.05, 3.63) is 68.1 Å². The van der Waals surface area contributed by atoms with E-state index in [2.05, 4.69) is 5.32 Å². The number of nitro benzene ring substituents is 1. The predicted molar refractivity (Wildman–Crippen MR) is 140 cm³/mol. The summed E-state index contributed by atoms with van der Waals surface area (Å²) in [7, 11) is 2.60. The van der Waals surface area contributed by atoms with Gasteiger partial charge in [0, 0.05) is 16.5 Å². The quantitative estimate of drug-likeness (QED) is 0.214. The van der Waals surface area contributed by atoms with Gasteiger partial charge in [-0.2, -0.15) is 0 Å². The molecule has 3 rings (SSSR count). The molecule has 0 atom stereocenters. The molecule has 0 unspecified atom stereocenters. The largest absolute Gasteiger partial charge is 0.493 e. The van der Waals surface area contributed by atoms with Crippen LogP contribution in [0.4, 0.5) is 10.7 Å². The summed E-state index contributed by atoms with van der Waals surface area (Å²) in [4.78, 5) is 49.7. The summed E-state index contributed by atoms with van der Waals surface area (Å²) in [6.45, 7) is 4.81. The van der Waals surface area contributed by atoms with Crippen molar-refractivity contribution < 1.29 is 38.3 Å². The van der Waals surface area contributed by atoms with Crippen molar-refractivity contribution in [2.24, 2.45) is 0 Å². The molecule has 1 aromatic heterocycles. The number of carbonyl (C=O) groups is 3. The Morgan fingerprint density at radius 1 is 0.974 bits per heavy atom. The second-order valence-corrected chi connectivity index (χ2v) is 9.15. The molecule has 1 amide bonds. The summed E-state index contributed by atoms with van der Waals surface area (Å²) in [6, 6.07) is 9.70. The van der Waals surface area contributed by atoms with E-state index >= 15 is 0 Å². The maximum Gasteiger partial charge on any atom is 0.345 e. The Balaban J connectivity index is 1.85. The third kappa shape index (κ3) is 6.09. The summed E-state index contributed by atoms with van der Waals surface area (Å²) in [5, 5.41) is 14.3. The molecule has 38 heavy (non-hydrogen) atoms. The number of nitro groups is 1. The van der Waals surface area contributed by atoms with Crippen LogP contribution < -0.4 is 14.8 Å². The molecule has 1 heterocycles. The van der Waals surface area contributed by atoms with Gasteiger partial charge in [-0.1, -0.05) is 29.8 Å². The van der Waals surface area contributed by atoms with Crippen molar-refractivity contribution >= 4 is 39.9 Å². The van der Waals surface area contributed by atoms with Gasteiger partial charge < -0.3 is 24.3 Å². The van der Waals surface area contributed by atoms with Crippen LogP contribution in [0.25, 0.3) is 11.1 Å². The molecular weight excluding hydrogens is 516 g/mol. The average molecular weight is 543 g/mol. The monoisotopic (exact) mass is 542 g/mol.